The van der Waals surface area contributed by atoms with Gasteiger partial charge in [0, 0.05) is 25.1 Å². The van der Waals surface area contributed by atoms with Gasteiger partial charge in [-0.2, -0.15) is 0 Å². The molecule has 0 saturated carbocycles. The van der Waals surface area contributed by atoms with Crippen molar-refractivity contribution in [3.8, 4) is 0 Å². The van der Waals surface area contributed by atoms with E-state index in [0.29, 0.717) is 19.4 Å². The molecule has 0 saturated heterocycles. The summed E-state index contributed by atoms with van der Waals surface area (Å²) >= 11 is 0. The van der Waals surface area contributed by atoms with Crippen molar-refractivity contribution in [3.63, 3.8) is 0 Å². The summed E-state index contributed by atoms with van der Waals surface area (Å²) in [6.45, 7) is 4.93. The maximum Gasteiger partial charge on any atom is 0.140 e. The quantitative estimate of drug-likeness (QED) is 0.207. The zero-order valence-electron chi connectivity index (χ0n) is 8.95. The van der Waals surface area contributed by atoms with Crippen molar-refractivity contribution in [1.82, 2.24) is 5.32 Å². The molecule has 0 aliphatic heterocycles. The van der Waals surface area contributed by atoms with Gasteiger partial charge in [0.2, 0.25) is 0 Å². The SMILES string of the molecule is CCC(C)(CCO)NCCC(N)=NO. The minimum absolute atomic E-state index is 0.0650. The average Bonchev–Trinajstić information content (AvgIpc) is 2.18. The zero-order chi connectivity index (χ0) is 11.0. The molecule has 0 aromatic rings. The fourth-order valence-corrected chi connectivity index (χ4v) is 1.18. The maximum absolute atomic E-state index is 8.86. The topological polar surface area (TPSA) is 90.9 Å². The van der Waals surface area contributed by atoms with E-state index in [2.05, 4.69) is 24.3 Å². The molecule has 0 rings (SSSR count). The molecule has 1 unspecified atom stereocenters. The van der Waals surface area contributed by atoms with E-state index in [1.165, 1.54) is 0 Å². The average molecular weight is 203 g/mol. The summed E-state index contributed by atoms with van der Waals surface area (Å²) in [5.41, 5.74) is 5.26. The van der Waals surface area contributed by atoms with Crippen LogP contribution in [0.25, 0.3) is 0 Å². The number of aliphatic hydroxyl groups excluding tert-OH is 1. The van der Waals surface area contributed by atoms with Gasteiger partial charge in [-0.05, 0) is 19.8 Å². The van der Waals surface area contributed by atoms with E-state index >= 15 is 0 Å². The highest BCUT2D eigenvalue weighted by Gasteiger charge is 2.19. The highest BCUT2D eigenvalue weighted by atomic mass is 16.4. The van der Waals surface area contributed by atoms with Crippen LogP contribution in [0.4, 0.5) is 0 Å². The summed E-state index contributed by atoms with van der Waals surface area (Å²) in [4.78, 5) is 0. The van der Waals surface area contributed by atoms with Crippen LogP contribution in [0.2, 0.25) is 0 Å². The van der Waals surface area contributed by atoms with E-state index < -0.39 is 0 Å². The van der Waals surface area contributed by atoms with Gasteiger partial charge in [0.25, 0.3) is 0 Å². The molecule has 5 N–H and O–H groups in total. The number of hydrogen-bond acceptors (Lipinski definition) is 4. The van der Waals surface area contributed by atoms with Crippen LogP contribution in [0.1, 0.15) is 33.1 Å². The molecule has 0 amide bonds. The monoisotopic (exact) mass is 203 g/mol. The van der Waals surface area contributed by atoms with Crippen LogP contribution in [-0.2, 0) is 0 Å². The summed E-state index contributed by atoms with van der Waals surface area (Å²) in [7, 11) is 0. The Bertz CT molecular complexity index is 185. The van der Waals surface area contributed by atoms with Crippen molar-refractivity contribution in [3.05, 3.63) is 0 Å². The molecule has 0 aliphatic rings. The summed E-state index contributed by atoms with van der Waals surface area (Å²) in [6.07, 6.45) is 2.15. The van der Waals surface area contributed by atoms with Gasteiger partial charge in [-0.1, -0.05) is 12.1 Å². The van der Waals surface area contributed by atoms with E-state index in [1.54, 1.807) is 0 Å². The van der Waals surface area contributed by atoms with Gasteiger partial charge >= 0.3 is 0 Å². The lowest BCUT2D eigenvalue weighted by atomic mass is 9.95. The predicted molar refractivity (Wildman–Crippen MR) is 56.4 cm³/mol. The number of oxime groups is 1. The Morgan fingerprint density at radius 3 is 2.64 bits per heavy atom. The van der Waals surface area contributed by atoms with Crippen LogP contribution in [0.3, 0.4) is 0 Å². The number of hydrogen-bond donors (Lipinski definition) is 4. The van der Waals surface area contributed by atoms with Gasteiger partial charge in [-0.3, -0.25) is 0 Å². The first-order valence-electron chi connectivity index (χ1n) is 4.90. The molecular formula is C9H21N3O2. The van der Waals surface area contributed by atoms with E-state index in [0.717, 1.165) is 6.42 Å². The summed E-state index contributed by atoms with van der Waals surface area (Å²) in [5.74, 6) is 0.222. The molecule has 0 fully saturated rings. The Balaban J connectivity index is 3.83. The van der Waals surface area contributed by atoms with Crippen molar-refractivity contribution in [2.75, 3.05) is 13.2 Å². The Kier molecular flexibility index (Phi) is 6.23. The summed E-state index contributed by atoms with van der Waals surface area (Å²) in [5, 5.41) is 23.3. The van der Waals surface area contributed by atoms with Gasteiger partial charge in [0.05, 0.1) is 0 Å². The molecule has 84 valence electrons. The molecule has 0 aromatic heterocycles. The van der Waals surface area contributed by atoms with Crippen LogP contribution in [0.15, 0.2) is 5.16 Å². The number of rotatable bonds is 7. The first-order chi connectivity index (χ1) is 6.58. The van der Waals surface area contributed by atoms with Gasteiger partial charge < -0.3 is 21.4 Å². The van der Waals surface area contributed by atoms with Crippen molar-refractivity contribution in [2.24, 2.45) is 10.9 Å². The largest absolute Gasteiger partial charge is 0.409 e. The molecule has 5 heteroatoms. The Hall–Kier alpha value is -0.810. The first kappa shape index (κ1) is 13.2. The van der Waals surface area contributed by atoms with Crippen molar-refractivity contribution in [1.29, 1.82) is 0 Å². The normalized spacial score (nSPS) is 16.6. The number of nitrogens with one attached hydrogen (secondary N) is 1. The Morgan fingerprint density at radius 2 is 2.21 bits per heavy atom. The van der Waals surface area contributed by atoms with Gasteiger partial charge in [0.15, 0.2) is 0 Å². The van der Waals surface area contributed by atoms with Crippen molar-refractivity contribution in [2.45, 2.75) is 38.6 Å². The molecule has 14 heavy (non-hydrogen) atoms. The minimum atomic E-state index is -0.0650. The van der Waals surface area contributed by atoms with E-state index in [9.17, 15) is 0 Å². The van der Waals surface area contributed by atoms with Gasteiger partial charge in [-0.25, -0.2) is 0 Å². The van der Waals surface area contributed by atoms with Gasteiger partial charge in [-0.15, -0.1) is 0 Å². The van der Waals surface area contributed by atoms with Crippen molar-refractivity contribution < 1.29 is 10.3 Å². The number of nitrogens with zero attached hydrogens (tertiary/aromatic N) is 1. The van der Waals surface area contributed by atoms with E-state index in [4.69, 9.17) is 16.0 Å². The molecule has 0 heterocycles. The Labute approximate surface area is 85.0 Å². The first-order valence-corrected chi connectivity index (χ1v) is 4.90. The second-order valence-corrected chi connectivity index (χ2v) is 3.66. The lowest BCUT2D eigenvalue weighted by Gasteiger charge is -2.29. The number of amidine groups is 1. The fraction of sp³-hybridized carbons (Fsp3) is 0.889. The van der Waals surface area contributed by atoms with Crippen LogP contribution in [-0.4, -0.2) is 34.8 Å². The minimum Gasteiger partial charge on any atom is -0.409 e. The molecule has 0 aliphatic carbocycles. The number of nitrogens with two attached hydrogens (primary N) is 1. The second kappa shape index (κ2) is 6.62. The zero-order valence-corrected chi connectivity index (χ0v) is 8.95. The Morgan fingerprint density at radius 1 is 1.57 bits per heavy atom. The van der Waals surface area contributed by atoms with Gasteiger partial charge in [0.1, 0.15) is 5.84 Å². The van der Waals surface area contributed by atoms with E-state index in [1.807, 2.05) is 0 Å². The highest BCUT2D eigenvalue weighted by molar-refractivity contribution is 5.79. The summed E-state index contributed by atoms with van der Waals surface area (Å²) in [6, 6.07) is 0. The molecule has 0 aromatic carbocycles. The van der Waals surface area contributed by atoms with Crippen molar-refractivity contribution >= 4 is 5.84 Å². The molecule has 0 spiro atoms. The third-order valence-corrected chi connectivity index (χ3v) is 2.51. The highest BCUT2D eigenvalue weighted by Crippen LogP contribution is 2.13. The van der Waals surface area contributed by atoms with Crippen LogP contribution >= 0.6 is 0 Å². The molecule has 5 nitrogen and oxygen atoms in total. The smallest absolute Gasteiger partial charge is 0.140 e. The van der Waals surface area contributed by atoms with Crippen LogP contribution < -0.4 is 11.1 Å². The van der Waals surface area contributed by atoms with Crippen LogP contribution in [0.5, 0.6) is 0 Å². The van der Waals surface area contributed by atoms with Crippen LogP contribution in [0, 0.1) is 0 Å². The third-order valence-electron chi connectivity index (χ3n) is 2.51. The lowest BCUT2D eigenvalue weighted by Crippen LogP contribution is -2.43. The number of aliphatic hydroxyl groups is 1. The second-order valence-electron chi connectivity index (χ2n) is 3.66. The van der Waals surface area contributed by atoms with E-state index in [-0.39, 0.29) is 18.0 Å². The molecule has 1 atom stereocenters. The molecule has 0 radical (unpaired) electrons. The standard InChI is InChI=1S/C9H21N3O2/c1-3-9(2,5-7-13)11-6-4-8(10)12-14/h11,13-14H,3-7H2,1-2H3,(H2,10,12). The molecule has 0 bridgehead atoms. The third kappa shape index (κ3) is 5.04. The lowest BCUT2D eigenvalue weighted by molar-refractivity contribution is 0.217. The fourth-order valence-electron chi connectivity index (χ4n) is 1.18. The molecular weight excluding hydrogens is 182 g/mol. The predicted octanol–water partition coefficient (Wildman–Crippen LogP) is 0.264. The summed E-state index contributed by atoms with van der Waals surface area (Å²) < 4.78 is 0. The maximum atomic E-state index is 8.86.